The molecule has 1 amide bonds. The first-order valence-electron chi connectivity index (χ1n) is 9.01. The number of anilines is 1. The lowest BCUT2D eigenvalue weighted by atomic mass is 9.96. The highest BCUT2D eigenvalue weighted by Crippen LogP contribution is 2.27. The number of sulfonamides is 1. The number of nitrogens with one attached hydrogen (secondary N) is 2. The molecule has 1 atom stereocenters. The van der Waals surface area contributed by atoms with Crippen molar-refractivity contribution in [2.24, 2.45) is 5.92 Å². The Morgan fingerprint density at radius 3 is 2.59 bits per heavy atom. The molecule has 6 nitrogen and oxygen atoms in total. The number of benzene rings is 2. The van der Waals surface area contributed by atoms with E-state index >= 15 is 0 Å². The Bertz CT molecular complexity index is 987. The summed E-state index contributed by atoms with van der Waals surface area (Å²) in [4.78, 5) is 12.3. The first-order chi connectivity index (χ1) is 13.8. The van der Waals surface area contributed by atoms with Crippen molar-refractivity contribution in [1.82, 2.24) is 9.73 Å². The minimum absolute atomic E-state index is 0.0445. The largest absolute Gasteiger partial charge is 0.297 e. The molecule has 29 heavy (non-hydrogen) atoms. The van der Waals surface area contributed by atoms with Gasteiger partial charge in [0.15, 0.2) is 0 Å². The van der Waals surface area contributed by atoms with Crippen LogP contribution in [0, 0.1) is 11.7 Å². The van der Waals surface area contributed by atoms with Crippen LogP contribution >= 0.6 is 23.2 Å². The van der Waals surface area contributed by atoms with Crippen molar-refractivity contribution >= 4 is 44.8 Å². The van der Waals surface area contributed by atoms with Gasteiger partial charge in [0.05, 0.1) is 15.6 Å². The Balaban J connectivity index is 1.57. The van der Waals surface area contributed by atoms with Crippen molar-refractivity contribution in [1.29, 1.82) is 0 Å². The number of rotatable bonds is 6. The predicted molar refractivity (Wildman–Crippen MR) is 111 cm³/mol. The average Bonchev–Trinajstić information content (AvgIpc) is 2.68. The van der Waals surface area contributed by atoms with Gasteiger partial charge in [-0.1, -0.05) is 23.2 Å². The summed E-state index contributed by atoms with van der Waals surface area (Å²) in [6, 6.07) is 9.58. The zero-order valence-corrected chi connectivity index (χ0v) is 17.7. The number of halogens is 3. The number of piperidine rings is 1. The summed E-state index contributed by atoms with van der Waals surface area (Å²) in [6.07, 6.45) is 1.55. The van der Waals surface area contributed by atoms with Crippen molar-refractivity contribution in [3.05, 3.63) is 58.3 Å². The fraction of sp³-hybridized carbons (Fsp3) is 0.316. The van der Waals surface area contributed by atoms with Crippen LogP contribution in [-0.4, -0.2) is 31.7 Å². The number of hydrogen-bond acceptors (Lipinski definition) is 4. The molecule has 156 valence electrons. The Labute approximate surface area is 179 Å². The Morgan fingerprint density at radius 1 is 1.17 bits per heavy atom. The molecule has 1 aliphatic heterocycles. The lowest BCUT2D eigenvalue weighted by Gasteiger charge is -2.31. The van der Waals surface area contributed by atoms with Crippen molar-refractivity contribution in [2.45, 2.75) is 24.2 Å². The van der Waals surface area contributed by atoms with E-state index in [0.29, 0.717) is 28.7 Å². The van der Waals surface area contributed by atoms with E-state index in [1.807, 2.05) is 0 Å². The molecule has 1 fully saturated rings. The molecule has 2 aromatic carbocycles. The zero-order chi connectivity index (χ0) is 21.0. The second-order valence-corrected chi connectivity index (χ2v) is 9.61. The minimum atomic E-state index is -3.72. The van der Waals surface area contributed by atoms with Gasteiger partial charge in [0.2, 0.25) is 15.9 Å². The van der Waals surface area contributed by atoms with Gasteiger partial charge in [-0.3, -0.25) is 15.6 Å². The molecule has 0 radical (unpaired) electrons. The van der Waals surface area contributed by atoms with Gasteiger partial charge in [0, 0.05) is 24.5 Å². The van der Waals surface area contributed by atoms with Crippen LogP contribution in [0.1, 0.15) is 19.3 Å². The quantitative estimate of drug-likeness (QED) is 0.638. The van der Waals surface area contributed by atoms with Gasteiger partial charge in [-0.25, -0.2) is 12.8 Å². The summed E-state index contributed by atoms with van der Waals surface area (Å²) in [5, 5.41) is 0.851. The smallest absolute Gasteiger partial charge is 0.243 e. The van der Waals surface area contributed by atoms with E-state index < -0.39 is 15.8 Å². The molecule has 1 heterocycles. The minimum Gasteiger partial charge on any atom is -0.297 e. The lowest BCUT2D eigenvalue weighted by Crippen LogP contribution is -2.41. The van der Waals surface area contributed by atoms with E-state index in [1.54, 1.807) is 18.2 Å². The second kappa shape index (κ2) is 9.30. The van der Waals surface area contributed by atoms with Crippen LogP contribution in [-0.2, 0) is 14.8 Å². The van der Waals surface area contributed by atoms with Crippen molar-refractivity contribution in [3.63, 3.8) is 0 Å². The molecule has 0 spiro atoms. The molecule has 2 aromatic rings. The molecular formula is C19H20Cl2FN3O3S. The fourth-order valence-electron chi connectivity index (χ4n) is 3.21. The topological polar surface area (TPSA) is 78.5 Å². The third kappa shape index (κ3) is 5.60. The monoisotopic (exact) mass is 459 g/mol. The molecular weight excluding hydrogens is 440 g/mol. The normalized spacial score (nSPS) is 17.7. The van der Waals surface area contributed by atoms with Gasteiger partial charge < -0.3 is 0 Å². The number of hydrazine groups is 1. The van der Waals surface area contributed by atoms with Crippen LogP contribution in [0.25, 0.3) is 0 Å². The molecule has 3 rings (SSSR count). The third-order valence-corrected chi connectivity index (χ3v) is 7.10. The van der Waals surface area contributed by atoms with E-state index in [2.05, 4.69) is 10.9 Å². The second-order valence-electron chi connectivity index (χ2n) is 6.83. The van der Waals surface area contributed by atoms with Crippen LogP contribution in [0.2, 0.25) is 10.0 Å². The number of carbonyl (C=O) groups excluding carboxylic acids is 1. The number of carbonyl (C=O) groups is 1. The van der Waals surface area contributed by atoms with E-state index in [1.165, 1.54) is 16.4 Å². The van der Waals surface area contributed by atoms with Gasteiger partial charge in [-0.05, 0) is 61.2 Å². The van der Waals surface area contributed by atoms with Crippen LogP contribution < -0.4 is 10.9 Å². The van der Waals surface area contributed by atoms with Gasteiger partial charge >= 0.3 is 0 Å². The third-order valence-electron chi connectivity index (χ3n) is 4.67. The summed E-state index contributed by atoms with van der Waals surface area (Å²) < 4.78 is 40.0. The zero-order valence-electron chi connectivity index (χ0n) is 15.4. The number of amides is 1. The fourth-order valence-corrected chi connectivity index (χ4v) is 5.22. The van der Waals surface area contributed by atoms with Crippen molar-refractivity contribution < 1.29 is 17.6 Å². The first kappa shape index (κ1) is 21.8. The Kier molecular flexibility index (Phi) is 7.00. The molecule has 2 N–H and O–H groups in total. The maximum atomic E-state index is 13.1. The highest BCUT2D eigenvalue weighted by Gasteiger charge is 2.31. The molecule has 0 bridgehead atoms. The summed E-state index contributed by atoms with van der Waals surface area (Å²) in [5.41, 5.74) is 5.82. The summed E-state index contributed by atoms with van der Waals surface area (Å²) in [7, 11) is -3.72. The summed E-state index contributed by atoms with van der Waals surface area (Å²) in [5.74, 6) is -0.894. The Morgan fingerprint density at radius 2 is 1.90 bits per heavy atom. The SMILES string of the molecule is O=C(CC1CCCN(S(=O)(=O)c2ccc(F)cc2)C1)NNc1ccc(Cl)cc1Cl. The molecule has 10 heteroatoms. The van der Waals surface area contributed by atoms with E-state index in [0.717, 1.165) is 18.6 Å². The van der Waals surface area contributed by atoms with Gasteiger partial charge in [-0.2, -0.15) is 4.31 Å². The molecule has 1 saturated heterocycles. The molecule has 1 unspecified atom stereocenters. The predicted octanol–water partition coefficient (Wildman–Crippen LogP) is 4.07. The highest BCUT2D eigenvalue weighted by molar-refractivity contribution is 7.89. The van der Waals surface area contributed by atoms with E-state index in [9.17, 15) is 17.6 Å². The summed E-state index contributed by atoms with van der Waals surface area (Å²) >= 11 is 11.9. The molecule has 0 aromatic heterocycles. The maximum Gasteiger partial charge on any atom is 0.243 e. The number of nitrogens with zero attached hydrogens (tertiary/aromatic N) is 1. The summed E-state index contributed by atoms with van der Waals surface area (Å²) in [6.45, 7) is 0.602. The van der Waals surface area contributed by atoms with Crippen molar-refractivity contribution in [2.75, 3.05) is 18.5 Å². The van der Waals surface area contributed by atoms with Gasteiger partial charge in [0.1, 0.15) is 5.82 Å². The maximum absolute atomic E-state index is 13.1. The van der Waals surface area contributed by atoms with Gasteiger partial charge in [-0.15, -0.1) is 0 Å². The average molecular weight is 460 g/mol. The highest BCUT2D eigenvalue weighted by atomic mass is 35.5. The number of hydrogen-bond donors (Lipinski definition) is 2. The standard InChI is InChI=1S/C19H20Cl2FN3O3S/c20-14-3-8-18(17(21)11-14)23-24-19(26)10-13-2-1-9-25(12-13)29(27,28)16-6-4-15(22)5-7-16/h3-8,11,13,23H,1-2,9-10,12H2,(H,24,26). The van der Waals surface area contributed by atoms with Crippen molar-refractivity contribution in [3.8, 4) is 0 Å². The van der Waals surface area contributed by atoms with Gasteiger partial charge in [0.25, 0.3) is 0 Å². The first-order valence-corrected chi connectivity index (χ1v) is 11.2. The van der Waals surface area contributed by atoms with Crippen LogP contribution in [0.3, 0.4) is 0 Å². The lowest BCUT2D eigenvalue weighted by molar-refractivity contribution is -0.121. The van der Waals surface area contributed by atoms with E-state index in [-0.39, 0.29) is 29.7 Å². The molecule has 1 aliphatic rings. The Hall–Kier alpha value is -1.87. The van der Waals surface area contributed by atoms with Crippen LogP contribution in [0.5, 0.6) is 0 Å². The van der Waals surface area contributed by atoms with E-state index in [4.69, 9.17) is 23.2 Å². The van der Waals surface area contributed by atoms with Crippen LogP contribution in [0.15, 0.2) is 47.4 Å². The van der Waals surface area contributed by atoms with Crippen LogP contribution in [0.4, 0.5) is 10.1 Å². The molecule has 0 saturated carbocycles. The molecule has 0 aliphatic carbocycles.